The average Bonchev–Trinajstić information content (AvgIpc) is 2.36. The van der Waals surface area contributed by atoms with Crippen LogP contribution in [0.15, 0.2) is 30.3 Å². The van der Waals surface area contributed by atoms with Crippen LogP contribution in [0.25, 0.3) is 6.08 Å². The highest BCUT2D eigenvalue weighted by Crippen LogP contribution is 2.13. The van der Waals surface area contributed by atoms with E-state index in [-0.39, 0.29) is 5.97 Å². The van der Waals surface area contributed by atoms with Crippen LogP contribution in [0.4, 0.5) is 10.5 Å². The Balaban J connectivity index is 2.58. The first-order chi connectivity index (χ1) is 9.80. The van der Waals surface area contributed by atoms with Crippen molar-refractivity contribution in [3.05, 3.63) is 35.9 Å². The predicted octanol–water partition coefficient (Wildman–Crippen LogP) is 3.61. The number of hydrogen-bond donors (Lipinski definition) is 1. The molecule has 0 saturated carbocycles. The molecule has 0 aliphatic heterocycles. The summed E-state index contributed by atoms with van der Waals surface area (Å²) in [5.41, 5.74) is 0.919. The van der Waals surface area contributed by atoms with Crippen LogP contribution >= 0.6 is 0 Å². The third kappa shape index (κ3) is 7.15. The van der Waals surface area contributed by atoms with E-state index in [1.54, 1.807) is 58.0 Å². The van der Waals surface area contributed by atoms with Gasteiger partial charge in [0.1, 0.15) is 5.60 Å². The topological polar surface area (TPSA) is 64.6 Å². The lowest BCUT2D eigenvalue weighted by molar-refractivity contribution is -0.137. The molecule has 1 aromatic carbocycles. The third-order valence-electron chi connectivity index (χ3n) is 2.25. The van der Waals surface area contributed by atoms with Gasteiger partial charge < -0.3 is 9.47 Å². The summed E-state index contributed by atoms with van der Waals surface area (Å²) in [7, 11) is 0. The van der Waals surface area contributed by atoms with E-state index in [1.165, 1.54) is 6.08 Å². The van der Waals surface area contributed by atoms with Gasteiger partial charge in [0.2, 0.25) is 0 Å². The van der Waals surface area contributed by atoms with Crippen molar-refractivity contribution in [2.24, 2.45) is 0 Å². The summed E-state index contributed by atoms with van der Waals surface area (Å²) in [6.07, 6.45) is 2.51. The second kappa shape index (κ2) is 7.47. The molecule has 1 N–H and O–H groups in total. The van der Waals surface area contributed by atoms with Crippen LogP contribution in [0.2, 0.25) is 0 Å². The number of carbonyl (C=O) groups excluding carboxylic acids is 2. The van der Waals surface area contributed by atoms with Crippen molar-refractivity contribution in [1.29, 1.82) is 0 Å². The fourth-order valence-electron chi connectivity index (χ4n) is 1.45. The van der Waals surface area contributed by atoms with Crippen molar-refractivity contribution in [1.82, 2.24) is 0 Å². The number of esters is 1. The van der Waals surface area contributed by atoms with Crippen LogP contribution in [0, 0.1) is 0 Å². The number of hydrogen-bond acceptors (Lipinski definition) is 4. The zero-order chi connectivity index (χ0) is 15.9. The summed E-state index contributed by atoms with van der Waals surface area (Å²) in [5, 5.41) is 2.63. The Hall–Kier alpha value is -2.30. The Morgan fingerprint density at radius 3 is 2.33 bits per heavy atom. The first-order valence-corrected chi connectivity index (χ1v) is 6.75. The minimum atomic E-state index is -0.535. The number of amides is 1. The number of ether oxygens (including phenoxy) is 2. The molecule has 21 heavy (non-hydrogen) atoms. The number of anilines is 1. The van der Waals surface area contributed by atoms with Crippen LogP contribution in [0.5, 0.6) is 0 Å². The monoisotopic (exact) mass is 291 g/mol. The van der Waals surface area contributed by atoms with E-state index in [0.29, 0.717) is 12.3 Å². The van der Waals surface area contributed by atoms with Crippen molar-refractivity contribution in [2.75, 3.05) is 11.9 Å². The van der Waals surface area contributed by atoms with Gasteiger partial charge in [-0.15, -0.1) is 0 Å². The highest BCUT2D eigenvalue weighted by molar-refractivity contribution is 5.87. The molecular formula is C16H21NO4. The maximum atomic E-state index is 11.6. The SMILES string of the molecule is CCOC(=O)/C=C/c1ccc(NC(=O)OC(C)(C)C)cc1. The lowest BCUT2D eigenvalue weighted by atomic mass is 10.2. The smallest absolute Gasteiger partial charge is 0.412 e. The van der Waals surface area contributed by atoms with Gasteiger partial charge in [0.25, 0.3) is 0 Å². The molecule has 1 amide bonds. The van der Waals surface area contributed by atoms with E-state index in [9.17, 15) is 9.59 Å². The first-order valence-electron chi connectivity index (χ1n) is 6.75. The quantitative estimate of drug-likeness (QED) is 0.680. The molecule has 0 fully saturated rings. The Labute approximate surface area is 124 Å². The Morgan fingerprint density at radius 2 is 1.81 bits per heavy atom. The number of benzene rings is 1. The Bertz CT molecular complexity index is 512. The molecule has 0 atom stereocenters. The van der Waals surface area contributed by atoms with E-state index >= 15 is 0 Å². The average molecular weight is 291 g/mol. The van der Waals surface area contributed by atoms with Crippen molar-refractivity contribution < 1.29 is 19.1 Å². The lowest BCUT2D eigenvalue weighted by Gasteiger charge is -2.19. The molecule has 5 heteroatoms. The minimum absolute atomic E-state index is 0.349. The van der Waals surface area contributed by atoms with E-state index < -0.39 is 11.7 Å². The lowest BCUT2D eigenvalue weighted by Crippen LogP contribution is -2.27. The van der Waals surface area contributed by atoms with Gasteiger partial charge in [0.15, 0.2) is 0 Å². The van der Waals surface area contributed by atoms with Gasteiger partial charge in [-0.05, 0) is 51.5 Å². The van der Waals surface area contributed by atoms with Crippen LogP contribution < -0.4 is 5.32 Å². The highest BCUT2D eigenvalue weighted by atomic mass is 16.6. The predicted molar refractivity (Wildman–Crippen MR) is 82.0 cm³/mol. The van der Waals surface area contributed by atoms with E-state index in [0.717, 1.165) is 5.56 Å². The van der Waals surface area contributed by atoms with Gasteiger partial charge in [-0.2, -0.15) is 0 Å². The van der Waals surface area contributed by atoms with Crippen molar-refractivity contribution in [3.8, 4) is 0 Å². The molecule has 0 aliphatic carbocycles. The van der Waals surface area contributed by atoms with E-state index in [2.05, 4.69) is 5.32 Å². The maximum absolute atomic E-state index is 11.6. The molecule has 1 aromatic rings. The molecule has 5 nitrogen and oxygen atoms in total. The van der Waals surface area contributed by atoms with Gasteiger partial charge >= 0.3 is 12.1 Å². The third-order valence-corrected chi connectivity index (χ3v) is 2.25. The summed E-state index contributed by atoms with van der Waals surface area (Å²) in [6, 6.07) is 7.02. The van der Waals surface area contributed by atoms with Gasteiger partial charge in [0, 0.05) is 11.8 Å². The summed E-state index contributed by atoms with van der Waals surface area (Å²) >= 11 is 0. The highest BCUT2D eigenvalue weighted by Gasteiger charge is 2.15. The molecular weight excluding hydrogens is 270 g/mol. The van der Waals surface area contributed by atoms with Crippen molar-refractivity contribution >= 4 is 23.8 Å². The standard InChI is InChI=1S/C16H21NO4/c1-5-20-14(18)11-8-12-6-9-13(10-7-12)17-15(19)21-16(2,3)4/h6-11H,5H2,1-4H3,(H,17,19)/b11-8+. The minimum Gasteiger partial charge on any atom is -0.463 e. The summed E-state index contributed by atoms with van der Waals surface area (Å²) in [5.74, 6) is -0.381. The zero-order valence-corrected chi connectivity index (χ0v) is 12.8. The second-order valence-electron chi connectivity index (χ2n) is 5.33. The number of nitrogens with one attached hydrogen (secondary N) is 1. The maximum Gasteiger partial charge on any atom is 0.412 e. The summed E-state index contributed by atoms with van der Waals surface area (Å²) in [6.45, 7) is 7.51. The van der Waals surface area contributed by atoms with Crippen molar-refractivity contribution in [3.63, 3.8) is 0 Å². The zero-order valence-electron chi connectivity index (χ0n) is 12.8. The van der Waals surface area contributed by atoms with Gasteiger partial charge in [-0.3, -0.25) is 5.32 Å². The van der Waals surface area contributed by atoms with Crippen molar-refractivity contribution in [2.45, 2.75) is 33.3 Å². The van der Waals surface area contributed by atoms with Crippen LogP contribution in [0.1, 0.15) is 33.3 Å². The molecule has 0 saturated heterocycles. The molecule has 0 bridgehead atoms. The molecule has 1 rings (SSSR count). The molecule has 0 spiro atoms. The first kappa shape index (κ1) is 16.8. The molecule has 0 unspecified atom stereocenters. The normalized spacial score (nSPS) is 11.2. The second-order valence-corrected chi connectivity index (χ2v) is 5.33. The fraction of sp³-hybridized carbons (Fsp3) is 0.375. The Morgan fingerprint density at radius 1 is 1.19 bits per heavy atom. The molecule has 0 heterocycles. The van der Waals surface area contributed by atoms with Gasteiger partial charge in [-0.25, -0.2) is 9.59 Å². The fourth-order valence-corrected chi connectivity index (χ4v) is 1.45. The number of carbonyl (C=O) groups is 2. The summed E-state index contributed by atoms with van der Waals surface area (Å²) < 4.78 is 9.94. The molecule has 0 aliphatic rings. The Kier molecular flexibility index (Phi) is 5.96. The van der Waals surface area contributed by atoms with E-state index in [1.807, 2.05) is 0 Å². The van der Waals surface area contributed by atoms with Crippen LogP contribution in [-0.4, -0.2) is 24.3 Å². The molecule has 114 valence electrons. The van der Waals surface area contributed by atoms with Gasteiger partial charge in [0.05, 0.1) is 6.61 Å². The van der Waals surface area contributed by atoms with Crippen LogP contribution in [-0.2, 0) is 14.3 Å². The van der Waals surface area contributed by atoms with Crippen LogP contribution in [0.3, 0.4) is 0 Å². The van der Waals surface area contributed by atoms with E-state index in [4.69, 9.17) is 9.47 Å². The molecule has 0 radical (unpaired) electrons. The number of rotatable bonds is 4. The summed E-state index contributed by atoms with van der Waals surface area (Å²) in [4.78, 5) is 22.8. The molecule has 0 aromatic heterocycles. The van der Waals surface area contributed by atoms with Gasteiger partial charge in [-0.1, -0.05) is 12.1 Å². The largest absolute Gasteiger partial charge is 0.463 e.